The highest BCUT2D eigenvalue weighted by Gasteiger charge is 2.24. The zero-order valence-corrected chi connectivity index (χ0v) is 14.0. The molecule has 2 heterocycles. The molecule has 0 spiro atoms. The predicted molar refractivity (Wildman–Crippen MR) is 86.9 cm³/mol. The summed E-state index contributed by atoms with van der Waals surface area (Å²) in [5.74, 6) is 0. The average Bonchev–Trinajstić information content (AvgIpc) is 2.97. The molecular weight excluding hydrogens is 284 g/mol. The number of amides is 1. The van der Waals surface area contributed by atoms with Gasteiger partial charge in [0.05, 0.1) is 6.61 Å². The lowest BCUT2D eigenvalue weighted by molar-refractivity contribution is 0.0944. The van der Waals surface area contributed by atoms with E-state index in [-0.39, 0.29) is 6.09 Å². The number of likely N-dealkylation sites (tertiary alicyclic amines) is 1. The van der Waals surface area contributed by atoms with Crippen molar-refractivity contribution in [1.82, 2.24) is 10.2 Å². The molecule has 0 bridgehead atoms. The Hall–Kier alpha value is -1.07. The van der Waals surface area contributed by atoms with Crippen LogP contribution in [-0.4, -0.2) is 36.7 Å². The van der Waals surface area contributed by atoms with E-state index in [1.54, 1.807) is 0 Å². The summed E-state index contributed by atoms with van der Waals surface area (Å²) in [4.78, 5) is 16.3. The number of carbonyl (C=O) groups excluding carboxylic acids is 1. The first-order valence-corrected chi connectivity index (χ1v) is 8.72. The van der Waals surface area contributed by atoms with Crippen LogP contribution in [0.25, 0.3) is 0 Å². The van der Waals surface area contributed by atoms with E-state index in [4.69, 9.17) is 4.74 Å². The van der Waals surface area contributed by atoms with Gasteiger partial charge in [0.2, 0.25) is 0 Å². The molecule has 1 amide bonds. The summed E-state index contributed by atoms with van der Waals surface area (Å²) in [7, 11) is 0. The highest BCUT2D eigenvalue weighted by Crippen LogP contribution is 2.25. The molecular formula is C16H26N2O2S. The molecule has 118 valence electrons. The molecule has 1 N–H and O–H groups in total. The number of carbonyl (C=O) groups is 1. The van der Waals surface area contributed by atoms with Crippen molar-refractivity contribution in [2.45, 2.75) is 52.1 Å². The van der Waals surface area contributed by atoms with Gasteiger partial charge >= 0.3 is 6.09 Å². The van der Waals surface area contributed by atoms with Crippen LogP contribution in [0, 0.1) is 0 Å². The van der Waals surface area contributed by atoms with Crippen LogP contribution in [0.5, 0.6) is 0 Å². The van der Waals surface area contributed by atoms with Gasteiger partial charge in [0.1, 0.15) is 0 Å². The summed E-state index contributed by atoms with van der Waals surface area (Å²) in [5, 5.41) is 3.70. The molecule has 1 aliphatic rings. The molecule has 1 aliphatic heterocycles. The van der Waals surface area contributed by atoms with E-state index in [0.29, 0.717) is 18.7 Å². The first-order valence-electron chi connectivity index (χ1n) is 7.90. The Kier molecular flexibility index (Phi) is 6.06. The van der Waals surface area contributed by atoms with E-state index in [0.717, 1.165) is 32.4 Å². The third-order valence-corrected chi connectivity index (χ3v) is 5.38. The third-order valence-electron chi connectivity index (χ3n) is 3.96. The van der Waals surface area contributed by atoms with Crippen LogP contribution < -0.4 is 5.32 Å². The maximum absolute atomic E-state index is 11.7. The first kappa shape index (κ1) is 16.3. The Bertz CT molecular complexity index is 453. The van der Waals surface area contributed by atoms with Gasteiger partial charge in [-0.3, -0.25) is 0 Å². The minimum absolute atomic E-state index is 0.171. The molecule has 0 saturated carbocycles. The number of rotatable bonds is 5. The molecule has 2 rings (SSSR count). The smallest absolute Gasteiger partial charge is 0.409 e. The van der Waals surface area contributed by atoms with Crippen molar-refractivity contribution >= 4 is 17.4 Å². The lowest BCUT2D eigenvalue weighted by Gasteiger charge is -2.33. The number of hydrogen-bond acceptors (Lipinski definition) is 4. The summed E-state index contributed by atoms with van der Waals surface area (Å²) < 4.78 is 5.05. The quantitative estimate of drug-likeness (QED) is 0.904. The molecule has 5 heteroatoms. The van der Waals surface area contributed by atoms with Crippen LogP contribution in [0.2, 0.25) is 0 Å². The number of ether oxygens (including phenoxy) is 1. The number of nitrogens with one attached hydrogen (secondary N) is 1. The molecule has 0 aliphatic carbocycles. The molecule has 1 aromatic rings. The molecule has 1 unspecified atom stereocenters. The van der Waals surface area contributed by atoms with Gasteiger partial charge < -0.3 is 15.0 Å². The van der Waals surface area contributed by atoms with Gasteiger partial charge in [-0.1, -0.05) is 6.92 Å². The summed E-state index contributed by atoms with van der Waals surface area (Å²) in [6.45, 7) is 8.29. The second-order valence-electron chi connectivity index (χ2n) is 5.51. The number of hydrogen-bond donors (Lipinski definition) is 1. The molecule has 1 saturated heterocycles. The lowest BCUT2D eigenvalue weighted by atomic mass is 10.0. The van der Waals surface area contributed by atoms with Gasteiger partial charge in [0.15, 0.2) is 0 Å². The van der Waals surface area contributed by atoms with Crippen molar-refractivity contribution in [3.05, 3.63) is 21.9 Å². The van der Waals surface area contributed by atoms with Crippen molar-refractivity contribution in [3.63, 3.8) is 0 Å². The zero-order valence-electron chi connectivity index (χ0n) is 13.2. The predicted octanol–water partition coefficient (Wildman–Crippen LogP) is 3.58. The summed E-state index contributed by atoms with van der Waals surface area (Å²) in [6, 6.07) is 5.32. The van der Waals surface area contributed by atoms with Gasteiger partial charge in [-0.05, 0) is 45.2 Å². The van der Waals surface area contributed by atoms with Crippen LogP contribution in [-0.2, 0) is 11.2 Å². The maximum Gasteiger partial charge on any atom is 0.409 e. The Morgan fingerprint density at radius 1 is 1.43 bits per heavy atom. The zero-order chi connectivity index (χ0) is 15.2. The number of piperidine rings is 1. The summed E-state index contributed by atoms with van der Waals surface area (Å²) in [6.07, 6.45) is 2.93. The van der Waals surface area contributed by atoms with Crippen LogP contribution in [0.15, 0.2) is 12.1 Å². The lowest BCUT2D eigenvalue weighted by Crippen LogP contribution is -2.45. The Morgan fingerprint density at radius 2 is 2.14 bits per heavy atom. The molecule has 4 nitrogen and oxygen atoms in total. The Balaban J connectivity index is 1.79. The van der Waals surface area contributed by atoms with Gasteiger partial charge in [-0.25, -0.2) is 4.79 Å². The third kappa shape index (κ3) is 4.45. The van der Waals surface area contributed by atoms with Crippen molar-refractivity contribution in [1.29, 1.82) is 0 Å². The monoisotopic (exact) mass is 310 g/mol. The van der Waals surface area contributed by atoms with Crippen molar-refractivity contribution in [2.75, 3.05) is 19.7 Å². The number of aryl methyl sites for hydroxylation is 1. The molecule has 1 aromatic heterocycles. The van der Waals surface area contributed by atoms with Gasteiger partial charge in [-0.2, -0.15) is 0 Å². The van der Waals surface area contributed by atoms with Gasteiger partial charge in [0, 0.05) is 34.9 Å². The largest absolute Gasteiger partial charge is 0.450 e. The highest BCUT2D eigenvalue weighted by atomic mass is 32.1. The fourth-order valence-electron chi connectivity index (χ4n) is 2.70. The van der Waals surface area contributed by atoms with E-state index in [1.807, 2.05) is 23.2 Å². The number of nitrogens with zero attached hydrogens (tertiary/aromatic N) is 1. The van der Waals surface area contributed by atoms with Crippen LogP contribution in [0.3, 0.4) is 0 Å². The van der Waals surface area contributed by atoms with Crippen molar-refractivity contribution in [3.8, 4) is 0 Å². The maximum atomic E-state index is 11.7. The van der Waals surface area contributed by atoms with Crippen molar-refractivity contribution < 1.29 is 9.53 Å². The standard InChI is InChI=1S/C16H26N2O2S/c1-4-14-6-7-15(21-14)12(3)17-13-8-10-18(11-9-13)16(19)20-5-2/h6-7,12-13,17H,4-5,8-11H2,1-3H3. The summed E-state index contributed by atoms with van der Waals surface area (Å²) in [5.41, 5.74) is 0. The normalized spacial score (nSPS) is 17.8. The van der Waals surface area contributed by atoms with E-state index in [2.05, 4.69) is 31.3 Å². The number of thiophene rings is 1. The van der Waals surface area contributed by atoms with E-state index in [1.165, 1.54) is 9.75 Å². The Morgan fingerprint density at radius 3 is 2.71 bits per heavy atom. The first-order chi connectivity index (χ1) is 10.1. The second kappa shape index (κ2) is 7.80. The molecule has 21 heavy (non-hydrogen) atoms. The van der Waals surface area contributed by atoms with Gasteiger partial charge in [-0.15, -0.1) is 11.3 Å². The molecule has 0 aromatic carbocycles. The Labute approximate surface area is 131 Å². The fourth-order valence-corrected chi connectivity index (χ4v) is 3.66. The molecule has 1 fully saturated rings. The topological polar surface area (TPSA) is 41.6 Å². The van der Waals surface area contributed by atoms with E-state index in [9.17, 15) is 4.79 Å². The molecule has 1 atom stereocenters. The van der Waals surface area contributed by atoms with Crippen LogP contribution >= 0.6 is 11.3 Å². The minimum atomic E-state index is -0.171. The SMILES string of the molecule is CCOC(=O)N1CCC(NC(C)c2ccc(CC)s2)CC1. The summed E-state index contributed by atoms with van der Waals surface area (Å²) >= 11 is 1.89. The second-order valence-corrected chi connectivity index (χ2v) is 6.71. The highest BCUT2D eigenvalue weighted by molar-refractivity contribution is 7.12. The van der Waals surface area contributed by atoms with E-state index < -0.39 is 0 Å². The van der Waals surface area contributed by atoms with E-state index >= 15 is 0 Å². The van der Waals surface area contributed by atoms with Gasteiger partial charge in [0.25, 0.3) is 0 Å². The minimum Gasteiger partial charge on any atom is -0.450 e. The molecule has 0 radical (unpaired) electrons. The van der Waals surface area contributed by atoms with Crippen molar-refractivity contribution in [2.24, 2.45) is 0 Å². The average molecular weight is 310 g/mol. The van der Waals surface area contributed by atoms with Crippen LogP contribution in [0.4, 0.5) is 4.79 Å². The fraction of sp³-hybridized carbons (Fsp3) is 0.688. The van der Waals surface area contributed by atoms with Crippen LogP contribution in [0.1, 0.15) is 49.4 Å².